The molecule has 1 aliphatic carbocycles. The Morgan fingerprint density at radius 3 is 2.84 bits per heavy atom. The van der Waals surface area contributed by atoms with Gasteiger partial charge in [0.2, 0.25) is 0 Å². The summed E-state index contributed by atoms with van der Waals surface area (Å²) < 4.78 is 5.47. The number of nitrogens with two attached hydrogens (primary N) is 1. The Hall–Kier alpha value is -0.800. The van der Waals surface area contributed by atoms with Crippen LogP contribution in [0, 0.1) is 5.92 Å². The van der Waals surface area contributed by atoms with Crippen molar-refractivity contribution >= 4 is 0 Å². The summed E-state index contributed by atoms with van der Waals surface area (Å²) in [5.74, 6) is 1.91. The van der Waals surface area contributed by atoms with E-state index in [1.54, 1.807) is 6.26 Å². The molecule has 0 bridgehead atoms. The zero-order valence-electron chi connectivity index (χ0n) is 12.2. The third-order valence-electron chi connectivity index (χ3n) is 4.21. The van der Waals surface area contributed by atoms with Crippen LogP contribution >= 0.6 is 0 Å². The van der Waals surface area contributed by atoms with Gasteiger partial charge >= 0.3 is 0 Å². The Balaban J connectivity index is 1.71. The topological polar surface area (TPSA) is 42.4 Å². The van der Waals surface area contributed by atoms with Crippen LogP contribution in [0.25, 0.3) is 0 Å². The van der Waals surface area contributed by atoms with Crippen molar-refractivity contribution in [1.82, 2.24) is 4.90 Å². The molecule has 0 saturated heterocycles. The summed E-state index contributed by atoms with van der Waals surface area (Å²) in [5.41, 5.74) is 5.66. The van der Waals surface area contributed by atoms with Gasteiger partial charge in [0.15, 0.2) is 0 Å². The average Bonchev–Trinajstić information content (AvgIpc) is 3.14. The van der Waals surface area contributed by atoms with E-state index >= 15 is 0 Å². The fourth-order valence-electron chi connectivity index (χ4n) is 2.80. The predicted octanol–water partition coefficient (Wildman–Crippen LogP) is 3.40. The summed E-state index contributed by atoms with van der Waals surface area (Å²) in [5, 5.41) is 0. The van der Waals surface area contributed by atoms with Crippen molar-refractivity contribution in [1.29, 1.82) is 0 Å². The van der Waals surface area contributed by atoms with E-state index < -0.39 is 0 Å². The third kappa shape index (κ3) is 5.00. The van der Waals surface area contributed by atoms with Crippen LogP contribution in [0.5, 0.6) is 0 Å². The molecule has 1 unspecified atom stereocenters. The Morgan fingerprint density at radius 1 is 1.42 bits per heavy atom. The first-order valence-electron chi connectivity index (χ1n) is 7.80. The maximum Gasteiger partial charge on any atom is 0.117 e. The second-order valence-electron chi connectivity index (χ2n) is 5.77. The van der Waals surface area contributed by atoms with Crippen molar-refractivity contribution in [3.8, 4) is 0 Å². The van der Waals surface area contributed by atoms with Gasteiger partial charge in [0.25, 0.3) is 0 Å². The lowest BCUT2D eigenvalue weighted by atomic mass is 9.96. The van der Waals surface area contributed by atoms with E-state index in [-0.39, 0.29) is 0 Å². The van der Waals surface area contributed by atoms with E-state index in [2.05, 4.69) is 17.9 Å². The zero-order chi connectivity index (χ0) is 13.5. The zero-order valence-corrected chi connectivity index (χ0v) is 12.2. The van der Waals surface area contributed by atoms with E-state index in [1.165, 1.54) is 45.1 Å². The monoisotopic (exact) mass is 264 g/mol. The Labute approximate surface area is 117 Å². The van der Waals surface area contributed by atoms with Crippen molar-refractivity contribution < 1.29 is 4.42 Å². The van der Waals surface area contributed by atoms with E-state index in [0.29, 0.717) is 0 Å². The number of nitrogens with zero attached hydrogens (tertiary/aromatic N) is 1. The summed E-state index contributed by atoms with van der Waals surface area (Å²) in [4.78, 5) is 2.59. The number of hydrogen-bond donors (Lipinski definition) is 1. The first kappa shape index (κ1) is 14.6. The summed E-state index contributed by atoms with van der Waals surface area (Å²) >= 11 is 0. The highest BCUT2D eigenvalue weighted by molar-refractivity contribution is 4.99. The quantitative estimate of drug-likeness (QED) is 0.704. The van der Waals surface area contributed by atoms with Crippen molar-refractivity contribution in [2.45, 2.75) is 58.0 Å². The Morgan fingerprint density at radius 2 is 2.26 bits per heavy atom. The van der Waals surface area contributed by atoms with Gasteiger partial charge in [-0.3, -0.25) is 4.90 Å². The minimum absolute atomic E-state index is 0.805. The average molecular weight is 264 g/mol. The molecule has 3 nitrogen and oxygen atoms in total. The molecule has 0 radical (unpaired) electrons. The lowest BCUT2D eigenvalue weighted by molar-refractivity contribution is 0.222. The lowest BCUT2D eigenvalue weighted by Gasteiger charge is -2.22. The molecule has 1 heterocycles. The number of furan rings is 1. The van der Waals surface area contributed by atoms with Gasteiger partial charge in [-0.25, -0.2) is 0 Å². The highest BCUT2D eigenvalue weighted by Gasteiger charge is 2.29. The molecule has 0 spiro atoms. The molecule has 0 aliphatic heterocycles. The van der Waals surface area contributed by atoms with Crippen molar-refractivity contribution in [3.63, 3.8) is 0 Å². The molecule has 1 aliphatic rings. The molecule has 2 N–H and O–H groups in total. The maximum atomic E-state index is 5.66. The molecule has 1 aromatic heterocycles. The minimum atomic E-state index is 0.805. The molecule has 1 aromatic rings. The molecule has 0 amide bonds. The number of rotatable bonds is 10. The van der Waals surface area contributed by atoms with Gasteiger partial charge in [0, 0.05) is 6.04 Å². The molecule has 3 heteroatoms. The molecular weight excluding hydrogens is 236 g/mol. The van der Waals surface area contributed by atoms with Crippen LogP contribution in [0.4, 0.5) is 0 Å². The standard InChI is InChI=1S/C16H28N2O/c1-2-14(9-10-17)5-3-11-18(15-7-8-15)13-16-6-4-12-19-16/h4,6,12,14-15H,2-3,5,7-11,13,17H2,1H3. The molecule has 0 aromatic carbocycles. The van der Waals surface area contributed by atoms with Crippen LogP contribution in [0.2, 0.25) is 0 Å². The van der Waals surface area contributed by atoms with Gasteiger partial charge < -0.3 is 10.2 Å². The normalized spacial score (nSPS) is 17.0. The molecule has 1 saturated carbocycles. The van der Waals surface area contributed by atoms with Crippen LogP contribution in [-0.2, 0) is 6.54 Å². The first-order chi connectivity index (χ1) is 9.33. The van der Waals surface area contributed by atoms with Gasteiger partial charge in [-0.2, -0.15) is 0 Å². The highest BCUT2D eigenvalue weighted by Crippen LogP contribution is 2.29. The second-order valence-corrected chi connectivity index (χ2v) is 5.77. The van der Waals surface area contributed by atoms with E-state index in [4.69, 9.17) is 10.2 Å². The van der Waals surface area contributed by atoms with Crippen LogP contribution in [0.15, 0.2) is 22.8 Å². The summed E-state index contributed by atoms with van der Waals surface area (Å²) in [6, 6.07) is 4.87. The molecule has 1 atom stereocenters. The molecule has 108 valence electrons. The largest absolute Gasteiger partial charge is 0.468 e. The van der Waals surface area contributed by atoms with Gasteiger partial charge in [0.05, 0.1) is 12.8 Å². The van der Waals surface area contributed by atoms with Gasteiger partial charge in [-0.15, -0.1) is 0 Å². The summed E-state index contributed by atoms with van der Waals surface area (Å²) in [7, 11) is 0. The van der Waals surface area contributed by atoms with Crippen LogP contribution in [-0.4, -0.2) is 24.0 Å². The van der Waals surface area contributed by atoms with Gasteiger partial charge in [0.1, 0.15) is 5.76 Å². The highest BCUT2D eigenvalue weighted by atomic mass is 16.3. The Bertz CT molecular complexity index is 333. The lowest BCUT2D eigenvalue weighted by Crippen LogP contribution is -2.27. The smallest absolute Gasteiger partial charge is 0.117 e. The van der Waals surface area contributed by atoms with E-state index in [0.717, 1.165) is 30.8 Å². The molecule has 1 fully saturated rings. The van der Waals surface area contributed by atoms with Gasteiger partial charge in [-0.05, 0) is 63.2 Å². The first-order valence-corrected chi connectivity index (χ1v) is 7.80. The second kappa shape index (κ2) is 7.71. The van der Waals surface area contributed by atoms with E-state index in [1.807, 2.05) is 6.07 Å². The van der Waals surface area contributed by atoms with E-state index in [9.17, 15) is 0 Å². The van der Waals surface area contributed by atoms with Crippen LogP contribution in [0.1, 0.15) is 51.2 Å². The Kier molecular flexibility index (Phi) is 5.93. The van der Waals surface area contributed by atoms with Crippen molar-refractivity contribution in [2.75, 3.05) is 13.1 Å². The molecule has 19 heavy (non-hydrogen) atoms. The summed E-state index contributed by atoms with van der Waals surface area (Å²) in [6.07, 6.45) is 9.54. The number of hydrogen-bond acceptors (Lipinski definition) is 3. The third-order valence-corrected chi connectivity index (χ3v) is 4.21. The summed E-state index contributed by atoms with van der Waals surface area (Å²) in [6.45, 7) is 5.29. The van der Waals surface area contributed by atoms with Crippen molar-refractivity contribution in [2.24, 2.45) is 11.7 Å². The van der Waals surface area contributed by atoms with Gasteiger partial charge in [-0.1, -0.05) is 13.3 Å². The molecular formula is C16H28N2O. The maximum absolute atomic E-state index is 5.66. The predicted molar refractivity (Wildman–Crippen MR) is 78.8 cm³/mol. The SMILES string of the molecule is CCC(CCN)CCCN(Cc1ccco1)C1CC1. The van der Waals surface area contributed by atoms with Crippen LogP contribution < -0.4 is 5.73 Å². The molecule has 2 rings (SSSR count). The minimum Gasteiger partial charge on any atom is -0.468 e. The van der Waals surface area contributed by atoms with Crippen molar-refractivity contribution in [3.05, 3.63) is 24.2 Å². The fraction of sp³-hybridized carbons (Fsp3) is 0.750. The fourth-order valence-corrected chi connectivity index (χ4v) is 2.80. The van der Waals surface area contributed by atoms with Crippen LogP contribution in [0.3, 0.4) is 0 Å².